The summed E-state index contributed by atoms with van der Waals surface area (Å²) < 4.78 is 5.47. The highest BCUT2D eigenvalue weighted by atomic mass is 16.5. The highest BCUT2D eigenvalue weighted by Gasteiger charge is 2.20. The average molecular weight is 971 g/mol. The van der Waals surface area contributed by atoms with Gasteiger partial charge in [-0.05, 0) is 77.0 Å². The number of aliphatic hydroxyl groups is 2. The van der Waals surface area contributed by atoms with Gasteiger partial charge in [0.05, 0.1) is 25.4 Å². The maximum atomic E-state index is 12.5. The van der Waals surface area contributed by atoms with E-state index in [4.69, 9.17) is 4.74 Å². The van der Waals surface area contributed by atoms with Crippen LogP contribution in [0.5, 0.6) is 0 Å². The first-order chi connectivity index (χ1) is 34.0. The van der Waals surface area contributed by atoms with Crippen LogP contribution >= 0.6 is 0 Å². The molecule has 0 spiro atoms. The molecule has 0 aromatic carbocycles. The zero-order valence-corrected chi connectivity index (χ0v) is 46.3. The molecule has 0 bridgehead atoms. The van der Waals surface area contributed by atoms with Crippen molar-refractivity contribution < 1.29 is 24.5 Å². The van der Waals surface area contributed by atoms with Crippen molar-refractivity contribution in [2.45, 2.75) is 341 Å². The molecule has 0 saturated carbocycles. The van der Waals surface area contributed by atoms with E-state index in [0.717, 1.165) is 51.4 Å². The van der Waals surface area contributed by atoms with E-state index in [1.807, 2.05) is 0 Å². The van der Waals surface area contributed by atoms with Crippen LogP contribution in [-0.4, -0.2) is 47.4 Å². The first-order valence-electron chi connectivity index (χ1n) is 30.7. The fourth-order valence-corrected chi connectivity index (χ4v) is 9.42. The van der Waals surface area contributed by atoms with E-state index >= 15 is 0 Å². The summed E-state index contributed by atoms with van der Waals surface area (Å²) in [6, 6.07) is -0.548. The molecule has 0 radical (unpaired) electrons. The third-order valence-electron chi connectivity index (χ3n) is 14.2. The summed E-state index contributed by atoms with van der Waals surface area (Å²) in [5.74, 6) is -0.0475. The summed E-state index contributed by atoms with van der Waals surface area (Å²) in [5, 5.41) is 23.3. The van der Waals surface area contributed by atoms with Crippen molar-refractivity contribution in [3.63, 3.8) is 0 Å². The summed E-state index contributed by atoms with van der Waals surface area (Å²) in [6.07, 6.45) is 72.9. The van der Waals surface area contributed by atoms with Crippen molar-refractivity contribution in [1.29, 1.82) is 0 Å². The Bertz CT molecular complexity index is 1120. The highest BCUT2D eigenvalue weighted by molar-refractivity contribution is 5.76. The third kappa shape index (κ3) is 55.2. The molecule has 0 aliphatic heterocycles. The van der Waals surface area contributed by atoms with Crippen molar-refractivity contribution in [3.8, 4) is 0 Å². The molecule has 0 heterocycles. The lowest BCUT2D eigenvalue weighted by molar-refractivity contribution is -0.143. The number of nitrogens with one attached hydrogen (secondary N) is 1. The molecule has 0 rings (SSSR count). The van der Waals surface area contributed by atoms with Crippen LogP contribution in [0.4, 0.5) is 0 Å². The zero-order chi connectivity index (χ0) is 50.0. The fraction of sp³-hybridized carbons (Fsp3) is 0.873. The van der Waals surface area contributed by atoms with Crippen molar-refractivity contribution >= 4 is 11.9 Å². The third-order valence-corrected chi connectivity index (χ3v) is 14.2. The lowest BCUT2D eigenvalue weighted by atomic mass is 10.0. The van der Waals surface area contributed by atoms with Crippen LogP contribution in [0.3, 0.4) is 0 Å². The van der Waals surface area contributed by atoms with Gasteiger partial charge in [0.2, 0.25) is 5.91 Å². The summed E-state index contributed by atoms with van der Waals surface area (Å²) in [5.41, 5.74) is 0. The zero-order valence-electron chi connectivity index (χ0n) is 46.3. The lowest BCUT2D eigenvalue weighted by Crippen LogP contribution is -2.45. The molecule has 0 aliphatic rings. The Kier molecular flexibility index (Phi) is 57.0. The predicted molar refractivity (Wildman–Crippen MR) is 301 cm³/mol. The van der Waals surface area contributed by atoms with Crippen molar-refractivity contribution in [2.75, 3.05) is 13.2 Å². The van der Waals surface area contributed by atoms with E-state index in [0.29, 0.717) is 25.9 Å². The topological polar surface area (TPSA) is 95.9 Å². The largest absolute Gasteiger partial charge is 0.466 e. The van der Waals surface area contributed by atoms with Gasteiger partial charge in [-0.3, -0.25) is 9.59 Å². The SMILES string of the molecule is CCCC/C=C\C/C=C\CCCCCCCC(=O)OCCCCCCCCCCCC/C=C\CCCCCCCCCC(=O)NC(CO)C(O)CCCCCCCCCCCCCCCCCCC. The van der Waals surface area contributed by atoms with Crippen molar-refractivity contribution in [3.05, 3.63) is 36.5 Å². The second-order valence-electron chi connectivity index (χ2n) is 21.0. The van der Waals surface area contributed by atoms with Crippen LogP contribution in [0.2, 0.25) is 0 Å². The molecular formula is C63H119NO5. The molecule has 0 aliphatic carbocycles. The molecule has 69 heavy (non-hydrogen) atoms. The van der Waals surface area contributed by atoms with E-state index in [9.17, 15) is 19.8 Å². The monoisotopic (exact) mass is 970 g/mol. The van der Waals surface area contributed by atoms with Crippen LogP contribution in [-0.2, 0) is 14.3 Å². The van der Waals surface area contributed by atoms with Gasteiger partial charge >= 0.3 is 5.97 Å². The molecule has 0 fully saturated rings. The Morgan fingerprint density at radius 1 is 0.406 bits per heavy atom. The number of allylic oxidation sites excluding steroid dienone is 6. The maximum Gasteiger partial charge on any atom is 0.305 e. The molecule has 6 nitrogen and oxygen atoms in total. The molecule has 2 unspecified atom stereocenters. The molecule has 1 amide bonds. The van der Waals surface area contributed by atoms with Gasteiger partial charge in [0.15, 0.2) is 0 Å². The maximum absolute atomic E-state index is 12.5. The van der Waals surface area contributed by atoms with Gasteiger partial charge in [0.25, 0.3) is 0 Å². The molecule has 0 saturated heterocycles. The predicted octanol–water partition coefficient (Wildman–Crippen LogP) is 19.2. The normalized spacial score (nSPS) is 12.8. The standard InChI is InChI=1S/C63H119NO5/c1-3-5-7-9-11-13-15-17-19-25-28-31-35-39-43-47-51-55-61(66)60(59-65)64-62(67)56-52-48-44-40-36-32-29-26-23-21-20-22-24-27-30-34-38-42-46-50-54-58-69-63(68)57-53-49-45-41-37-33-18-16-14-12-10-8-6-4-2/h10,12,16,18,21,23,60-61,65-66H,3-9,11,13-15,17,19-20,22,24-59H2,1-2H3,(H,64,67)/b12-10-,18-16-,23-21-. The quantitative estimate of drug-likeness (QED) is 0.0321. The first-order valence-corrected chi connectivity index (χ1v) is 30.7. The Morgan fingerprint density at radius 3 is 1.16 bits per heavy atom. The van der Waals surface area contributed by atoms with Crippen molar-refractivity contribution in [1.82, 2.24) is 5.32 Å². The van der Waals surface area contributed by atoms with Crippen LogP contribution in [0.1, 0.15) is 328 Å². The van der Waals surface area contributed by atoms with Gasteiger partial charge < -0.3 is 20.3 Å². The number of esters is 1. The number of unbranched alkanes of at least 4 members (excludes halogenated alkanes) is 40. The minimum Gasteiger partial charge on any atom is -0.466 e. The Labute approximate surface area is 430 Å². The lowest BCUT2D eigenvalue weighted by Gasteiger charge is -2.22. The number of hydrogen-bond acceptors (Lipinski definition) is 5. The van der Waals surface area contributed by atoms with E-state index < -0.39 is 12.1 Å². The van der Waals surface area contributed by atoms with Crippen LogP contribution in [0.15, 0.2) is 36.5 Å². The number of carbonyl (C=O) groups is 2. The first kappa shape index (κ1) is 67.1. The molecule has 3 N–H and O–H groups in total. The number of amides is 1. The van der Waals surface area contributed by atoms with E-state index in [2.05, 4.69) is 55.6 Å². The molecule has 0 aromatic rings. The Balaban J connectivity index is 3.43. The van der Waals surface area contributed by atoms with Gasteiger partial charge in [0.1, 0.15) is 0 Å². The summed E-state index contributed by atoms with van der Waals surface area (Å²) in [4.78, 5) is 24.5. The van der Waals surface area contributed by atoms with Gasteiger partial charge in [-0.1, -0.05) is 275 Å². The Morgan fingerprint density at radius 2 is 0.739 bits per heavy atom. The molecule has 2 atom stereocenters. The average Bonchev–Trinajstić information content (AvgIpc) is 3.35. The van der Waals surface area contributed by atoms with Crippen LogP contribution < -0.4 is 5.32 Å². The van der Waals surface area contributed by atoms with Gasteiger partial charge in [-0.15, -0.1) is 0 Å². The molecule has 406 valence electrons. The van der Waals surface area contributed by atoms with Crippen molar-refractivity contribution in [2.24, 2.45) is 0 Å². The van der Waals surface area contributed by atoms with Crippen LogP contribution in [0, 0.1) is 0 Å². The second-order valence-corrected chi connectivity index (χ2v) is 21.0. The van der Waals surface area contributed by atoms with E-state index in [1.54, 1.807) is 0 Å². The summed E-state index contributed by atoms with van der Waals surface area (Å²) in [7, 11) is 0. The number of rotatable bonds is 57. The molecular weight excluding hydrogens is 851 g/mol. The number of ether oxygens (including phenoxy) is 1. The Hall–Kier alpha value is -1.92. The summed E-state index contributed by atoms with van der Waals surface area (Å²) >= 11 is 0. The summed E-state index contributed by atoms with van der Waals surface area (Å²) in [6.45, 7) is 4.91. The number of carbonyl (C=O) groups excluding carboxylic acids is 2. The minimum absolute atomic E-state index is 0.00633. The smallest absolute Gasteiger partial charge is 0.305 e. The minimum atomic E-state index is -0.670. The van der Waals surface area contributed by atoms with E-state index in [1.165, 1.54) is 244 Å². The van der Waals surface area contributed by atoms with Crippen LogP contribution in [0.25, 0.3) is 0 Å². The van der Waals surface area contributed by atoms with Gasteiger partial charge in [0, 0.05) is 12.8 Å². The van der Waals surface area contributed by atoms with E-state index in [-0.39, 0.29) is 18.5 Å². The molecule has 6 heteroatoms. The number of aliphatic hydroxyl groups excluding tert-OH is 2. The van der Waals surface area contributed by atoms with Gasteiger partial charge in [-0.25, -0.2) is 0 Å². The highest BCUT2D eigenvalue weighted by Crippen LogP contribution is 2.17. The molecule has 0 aromatic heterocycles. The fourth-order valence-electron chi connectivity index (χ4n) is 9.42. The number of hydrogen-bond donors (Lipinski definition) is 3. The van der Waals surface area contributed by atoms with Gasteiger partial charge in [-0.2, -0.15) is 0 Å². The second kappa shape index (κ2) is 58.6.